The van der Waals surface area contributed by atoms with Crippen molar-refractivity contribution in [1.82, 2.24) is 0 Å². The second-order valence-electron chi connectivity index (χ2n) is 3.45. The molecule has 1 saturated carbocycles. The van der Waals surface area contributed by atoms with Crippen LogP contribution in [0.3, 0.4) is 0 Å². The molecule has 0 aromatic heterocycles. The van der Waals surface area contributed by atoms with Crippen LogP contribution in [0.2, 0.25) is 0 Å². The third-order valence-electron chi connectivity index (χ3n) is 2.52. The first-order valence-electron chi connectivity index (χ1n) is 4.28. The third kappa shape index (κ3) is 1.56. The molecule has 0 heterocycles. The van der Waals surface area contributed by atoms with E-state index in [4.69, 9.17) is 5.11 Å². The first-order chi connectivity index (χ1) is 6.22. The van der Waals surface area contributed by atoms with Crippen LogP contribution < -0.4 is 0 Å². The maximum atomic E-state index is 13.1. The second kappa shape index (κ2) is 3.07. The van der Waals surface area contributed by atoms with E-state index in [2.05, 4.69) is 0 Å². The molecule has 0 radical (unpaired) electrons. The van der Waals surface area contributed by atoms with Crippen LogP contribution in [0.1, 0.15) is 17.9 Å². The Kier molecular flexibility index (Phi) is 2.04. The van der Waals surface area contributed by atoms with Crippen LogP contribution in [0, 0.1) is 17.6 Å². The van der Waals surface area contributed by atoms with Gasteiger partial charge in [0.1, 0.15) is 11.6 Å². The van der Waals surface area contributed by atoms with Gasteiger partial charge < -0.3 is 5.11 Å². The standard InChI is InChI=1S/C10H10F2O/c11-7-1-2-8(10(12)4-7)9-3-6(9)5-13/h1-2,4,6,9,13H,3,5H2/t6-,9+/m1/s1. The van der Waals surface area contributed by atoms with Gasteiger partial charge in [0.05, 0.1) is 0 Å². The molecule has 0 spiro atoms. The topological polar surface area (TPSA) is 20.2 Å². The first kappa shape index (κ1) is 8.63. The summed E-state index contributed by atoms with van der Waals surface area (Å²) >= 11 is 0. The van der Waals surface area contributed by atoms with E-state index in [1.807, 2.05) is 0 Å². The van der Waals surface area contributed by atoms with Gasteiger partial charge >= 0.3 is 0 Å². The Balaban J connectivity index is 2.22. The van der Waals surface area contributed by atoms with E-state index in [9.17, 15) is 8.78 Å². The molecule has 0 saturated heterocycles. The summed E-state index contributed by atoms with van der Waals surface area (Å²) in [7, 11) is 0. The minimum Gasteiger partial charge on any atom is -0.396 e. The van der Waals surface area contributed by atoms with Gasteiger partial charge in [0, 0.05) is 12.7 Å². The van der Waals surface area contributed by atoms with E-state index in [0.29, 0.717) is 5.56 Å². The SMILES string of the molecule is OC[C@H]1C[C@@H]1c1ccc(F)cc1F. The number of aliphatic hydroxyl groups is 1. The molecule has 0 amide bonds. The van der Waals surface area contributed by atoms with Gasteiger partial charge in [-0.05, 0) is 29.9 Å². The van der Waals surface area contributed by atoms with Crippen LogP contribution in [0.4, 0.5) is 8.78 Å². The van der Waals surface area contributed by atoms with Gasteiger partial charge in [-0.2, -0.15) is 0 Å². The number of benzene rings is 1. The fraction of sp³-hybridized carbons (Fsp3) is 0.400. The summed E-state index contributed by atoms with van der Waals surface area (Å²) in [5.74, 6) is -0.797. The molecule has 1 aromatic carbocycles. The van der Waals surface area contributed by atoms with Gasteiger partial charge in [0.2, 0.25) is 0 Å². The van der Waals surface area contributed by atoms with Gasteiger partial charge in [-0.3, -0.25) is 0 Å². The van der Waals surface area contributed by atoms with Crippen LogP contribution in [0.15, 0.2) is 18.2 Å². The molecular weight excluding hydrogens is 174 g/mol. The van der Waals surface area contributed by atoms with E-state index < -0.39 is 11.6 Å². The van der Waals surface area contributed by atoms with Crippen LogP contribution in [-0.2, 0) is 0 Å². The Bertz CT molecular complexity index is 325. The predicted octanol–water partition coefficient (Wildman–Crippen LogP) is 2.06. The molecule has 3 heteroatoms. The summed E-state index contributed by atoms with van der Waals surface area (Å²) in [6.07, 6.45) is 0.805. The number of hydrogen-bond donors (Lipinski definition) is 1. The number of rotatable bonds is 2. The lowest BCUT2D eigenvalue weighted by atomic mass is 10.1. The monoisotopic (exact) mass is 184 g/mol. The summed E-state index contributed by atoms with van der Waals surface area (Å²) in [4.78, 5) is 0. The van der Waals surface area contributed by atoms with Crippen LogP contribution in [0.25, 0.3) is 0 Å². The highest BCUT2D eigenvalue weighted by molar-refractivity contribution is 5.27. The molecule has 0 bridgehead atoms. The molecular formula is C10H10F2O. The van der Waals surface area contributed by atoms with Crippen molar-refractivity contribution in [3.8, 4) is 0 Å². The van der Waals surface area contributed by atoms with E-state index in [1.54, 1.807) is 0 Å². The maximum Gasteiger partial charge on any atom is 0.129 e. The van der Waals surface area contributed by atoms with Crippen LogP contribution in [-0.4, -0.2) is 11.7 Å². The summed E-state index contributed by atoms with van der Waals surface area (Å²) in [6, 6.07) is 3.61. The molecule has 0 aliphatic heterocycles. The van der Waals surface area contributed by atoms with Crippen molar-refractivity contribution in [2.45, 2.75) is 12.3 Å². The molecule has 1 aliphatic carbocycles. The zero-order valence-corrected chi connectivity index (χ0v) is 7.00. The average molecular weight is 184 g/mol. The van der Waals surface area contributed by atoms with E-state index in [1.165, 1.54) is 12.1 Å². The zero-order chi connectivity index (χ0) is 9.42. The number of aliphatic hydroxyl groups excluding tert-OH is 1. The molecule has 1 nitrogen and oxygen atoms in total. The minimum absolute atomic E-state index is 0.0848. The van der Waals surface area contributed by atoms with E-state index in [-0.39, 0.29) is 18.4 Å². The van der Waals surface area contributed by atoms with Crippen molar-refractivity contribution in [1.29, 1.82) is 0 Å². The lowest BCUT2D eigenvalue weighted by molar-refractivity contribution is 0.273. The van der Waals surface area contributed by atoms with Crippen molar-refractivity contribution in [2.24, 2.45) is 5.92 Å². The van der Waals surface area contributed by atoms with Gasteiger partial charge in [-0.15, -0.1) is 0 Å². The summed E-state index contributed by atoms with van der Waals surface area (Å²) in [5, 5.41) is 8.79. The van der Waals surface area contributed by atoms with Crippen molar-refractivity contribution in [3.63, 3.8) is 0 Å². The quantitative estimate of drug-likeness (QED) is 0.745. The van der Waals surface area contributed by atoms with E-state index >= 15 is 0 Å². The zero-order valence-electron chi connectivity index (χ0n) is 7.00. The number of hydrogen-bond acceptors (Lipinski definition) is 1. The summed E-state index contributed by atoms with van der Waals surface area (Å²) in [5.41, 5.74) is 0.528. The smallest absolute Gasteiger partial charge is 0.129 e. The van der Waals surface area contributed by atoms with Crippen molar-refractivity contribution >= 4 is 0 Å². The lowest BCUT2D eigenvalue weighted by Crippen LogP contribution is -1.93. The molecule has 70 valence electrons. The highest BCUT2D eigenvalue weighted by Crippen LogP contribution is 2.47. The van der Waals surface area contributed by atoms with Crippen molar-refractivity contribution < 1.29 is 13.9 Å². The molecule has 1 N–H and O–H groups in total. The van der Waals surface area contributed by atoms with Crippen molar-refractivity contribution in [2.75, 3.05) is 6.61 Å². The Hall–Kier alpha value is -0.960. The van der Waals surface area contributed by atoms with Gasteiger partial charge in [-0.1, -0.05) is 6.07 Å². The molecule has 0 unspecified atom stereocenters. The Morgan fingerprint density at radius 3 is 2.69 bits per heavy atom. The normalized spacial score (nSPS) is 26.1. The Morgan fingerprint density at radius 2 is 2.15 bits per heavy atom. The lowest BCUT2D eigenvalue weighted by Gasteiger charge is -2.00. The third-order valence-corrected chi connectivity index (χ3v) is 2.52. The largest absolute Gasteiger partial charge is 0.396 e. The van der Waals surface area contributed by atoms with Gasteiger partial charge in [0.15, 0.2) is 0 Å². The summed E-state index contributed by atoms with van der Waals surface area (Å²) in [6.45, 7) is 0.0848. The van der Waals surface area contributed by atoms with Crippen LogP contribution in [0.5, 0.6) is 0 Å². The van der Waals surface area contributed by atoms with Crippen LogP contribution >= 0.6 is 0 Å². The fourth-order valence-electron chi connectivity index (χ4n) is 1.63. The van der Waals surface area contributed by atoms with Gasteiger partial charge in [0.25, 0.3) is 0 Å². The molecule has 1 aromatic rings. The second-order valence-corrected chi connectivity index (χ2v) is 3.45. The Labute approximate surface area is 75.0 Å². The molecule has 2 rings (SSSR count). The summed E-state index contributed by atoms with van der Waals surface area (Å²) < 4.78 is 25.7. The van der Waals surface area contributed by atoms with Crippen molar-refractivity contribution in [3.05, 3.63) is 35.4 Å². The molecule has 2 atom stereocenters. The first-order valence-corrected chi connectivity index (χ1v) is 4.28. The minimum atomic E-state index is -0.553. The fourth-order valence-corrected chi connectivity index (χ4v) is 1.63. The average Bonchev–Trinajstić information content (AvgIpc) is 2.83. The predicted molar refractivity (Wildman–Crippen MR) is 44.3 cm³/mol. The molecule has 1 fully saturated rings. The maximum absolute atomic E-state index is 13.1. The van der Waals surface area contributed by atoms with E-state index in [0.717, 1.165) is 12.5 Å². The molecule has 13 heavy (non-hydrogen) atoms. The number of halogens is 2. The molecule has 1 aliphatic rings. The van der Waals surface area contributed by atoms with Gasteiger partial charge in [-0.25, -0.2) is 8.78 Å². The highest BCUT2D eigenvalue weighted by Gasteiger charge is 2.39. The highest BCUT2D eigenvalue weighted by atomic mass is 19.1. The Morgan fingerprint density at radius 1 is 1.38 bits per heavy atom.